The van der Waals surface area contributed by atoms with Crippen LogP contribution < -0.4 is 4.90 Å². The van der Waals surface area contributed by atoms with Crippen molar-refractivity contribution in [2.24, 2.45) is 0 Å². The summed E-state index contributed by atoms with van der Waals surface area (Å²) in [4.78, 5) is 50.6. The number of ether oxygens (including phenoxy) is 2. The Hall–Kier alpha value is -2.97. The third kappa shape index (κ3) is 3.83. The van der Waals surface area contributed by atoms with Crippen LogP contribution in [0.4, 0.5) is 11.4 Å². The maximum absolute atomic E-state index is 13.4. The summed E-state index contributed by atoms with van der Waals surface area (Å²) in [6.45, 7) is 7.11. The summed E-state index contributed by atoms with van der Waals surface area (Å²) in [5.74, 6) is -1.75. The normalized spacial score (nSPS) is 14.8. The molecule has 1 aliphatic rings. The second-order valence-corrected chi connectivity index (χ2v) is 6.79. The molecule has 1 amide bonds. The van der Waals surface area contributed by atoms with Gasteiger partial charge in [-0.25, -0.2) is 5.21 Å². The lowest BCUT2D eigenvalue weighted by atomic mass is 9.75. The van der Waals surface area contributed by atoms with Gasteiger partial charge in [-0.2, -0.15) is 0 Å². The lowest BCUT2D eigenvalue weighted by Gasteiger charge is -2.28. The Bertz CT molecular complexity index is 783. The van der Waals surface area contributed by atoms with Gasteiger partial charge in [0, 0.05) is 23.9 Å². The van der Waals surface area contributed by atoms with Crippen molar-refractivity contribution in [3.05, 3.63) is 28.7 Å². The fourth-order valence-electron chi connectivity index (χ4n) is 3.53. The van der Waals surface area contributed by atoms with E-state index in [2.05, 4.69) is 0 Å². The first-order valence-corrected chi connectivity index (χ1v) is 9.13. The van der Waals surface area contributed by atoms with Crippen LogP contribution in [0.25, 0.3) is 0 Å². The van der Waals surface area contributed by atoms with Crippen LogP contribution in [0.2, 0.25) is 0 Å². The largest absolute Gasteiger partial charge is 0.466 e. The van der Waals surface area contributed by atoms with E-state index in [4.69, 9.17) is 9.47 Å². The fraction of sp³-hybridized carbons (Fsp3) is 0.526. The van der Waals surface area contributed by atoms with Crippen molar-refractivity contribution < 1.29 is 34.0 Å². The molecule has 0 atom stereocenters. The van der Waals surface area contributed by atoms with E-state index in [1.165, 1.54) is 23.1 Å². The molecule has 1 aliphatic heterocycles. The van der Waals surface area contributed by atoms with Crippen LogP contribution in [0.5, 0.6) is 0 Å². The molecule has 0 fully saturated rings. The minimum Gasteiger partial charge on any atom is -0.466 e. The third-order valence-electron chi connectivity index (χ3n) is 4.62. The number of carbonyl (C=O) groups is 3. The Labute approximate surface area is 162 Å². The smallest absolute Gasteiger partial charge is 0.317 e. The van der Waals surface area contributed by atoms with Crippen molar-refractivity contribution in [1.82, 2.24) is 0 Å². The molecule has 0 saturated carbocycles. The molecule has 1 aromatic rings. The Kier molecular flexibility index (Phi) is 6.37. The molecule has 0 spiro atoms. The van der Waals surface area contributed by atoms with Crippen molar-refractivity contribution in [2.45, 2.75) is 52.0 Å². The Morgan fingerprint density at radius 3 is 2.11 bits per heavy atom. The van der Waals surface area contributed by atoms with Crippen LogP contribution in [-0.2, 0) is 29.3 Å². The summed E-state index contributed by atoms with van der Waals surface area (Å²) in [7, 11) is 0. The van der Waals surface area contributed by atoms with Gasteiger partial charge in [-0.05, 0) is 39.3 Å². The fourth-order valence-corrected chi connectivity index (χ4v) is 3.53. The van der Waals surface area contributed by atoms with Crippen LogP contribution in [0.1, 0.15) is 46.1 Å². The summed E-state index contributed by atoms with van der Waals surface area (Å²) < 4.78 is 10.0. The molecule has 0 radical (unpaired) electrons. The number of amides is 1. The number of hydrogen-bond donors (Lipinski definition) is 1. The number of anilines is 1. The van der Waals surface area contributed by atoms with E-state index < -0.39 is 23.3 Å². The molecule has 0 unspecified atom stereocenters. The summed E-state index contributed by atoms with van der Waals surface area (Å²) in [5, 5.41) is 9.29. The molecule has 0 aliphatic carbocycles. The molecule has 9 heteroatoms. The van der Waals surface area contributed by atoms with Crippen LogP contribution in [-0.4, -0.2) is 47.2 Å². The van der Waals surface area contributed by atoms with E-state index >= 15 is 0 Å². The molecule has 152 valence electrons. The molecule has 9 nitrogen and oxygen atoms in total. The second kappa shape index (κ2) is 8.37. The standard InChI is InChI=1S/C19H25N2O7/c1-5-27-16(22)10-19(11-17(23)28-6-2)14-9-13(21(25)26)7-8-15(14)20(12(3)4)18(19)24/h7-9,12H,5-6,10-11H2,1-4H3,(H,25,26)/q+1. The molecular weight excluding hydrogens is 368 g/mol. The highest BCUT2D eigenvalue weighted by molar-refractivity contribution is 6.11. The average molecular weight is 393 g/mol. The van der Waals surface area contributed by atoms with Gasteiger partial charge in [-0.1, -0.05) is 0 Å². The molecule has 0 aromatic heterocycles. The first kappa shape index (κ1) is 21.3. The summed E-state index contributed by atoms with van der Waals surface area (Å²) in [6, 6.07) is 3.93. The lowest BCUT2D eigenvalue weighted by Crippen LogP contribution is -2.46. The topological polar surface area (TPSA) is 113 Å². The molecule has 2 rings (SSSR count). The third-order valence-corrected chi connectivity index (χ3v) is 4.62. The number of carbonyl (C=O) groups excluding carboxylic acids is 3. The number of nitrogens with zero attached hydrogens (tertiary/aromatic N) is 2. The zero-order chi connectivity index (χ0) is 21.1. The van der Waals surface area contributed by atoms with Gasteiger partial charge >= 0.3 is 17.6 Å². The predicted octanol–water partition coefficient (Wildman–Crippen LogP) is 2.39. The monoisotopic (exact) mass is 393 g/mol. The maximum atomic E-state index is 13.4. The van der Waals surface area contributed by atoms with Crippen LogP contribution >= 0.6 is 0 Å². The lowest BCUT2D eigenvalue weighted by molar-refractivity contribution is -0.729. The summed E-state index contributed by atoms with van der Waals surface area (Å²) in [6.07, 6.45) is -0.773. The van der Waals surface area contributed by atoms with Crippen LogP contribution in [0, 0.1) is 4.91 Å². The number of benzene rings is 1. The zero-order valence-corrected chi connectivity index (χ0v) is 16.4. The molecule has 1 N–H and O–H groups in total. The van der Waals surface area contributed by atoms with Gasteiger partial charge in [-0.15, -0.1) is 0 Å². The van der Waals surface area contributed by atoms with Crippen LogP contribution in [0.15, 0.2) is 18.2 Å². The minimum absolute atomic E-state index is 0.116. The van der Waals surface area contributed by atoms with Gasteiger partial charge < -0.3 is 14.4 Å². The quantitative estimate of drug-likeness (QED) is 0.533. The maximum Gasteiger partial charge on any atom is 0.317 e. The SMILES string of the molecule is CCOC(=O)CC1(CC(=O)OCC)C(=O)N(C(C)C)c2ccc([N+](=O)O)cc21. The number of fused-ring (bicyclic) bond motifs is 1. The first-order chi connectivity index (χ1) is 13.2. The van der Waals surface area contributed by atoms with Crippen molar-refractivity contribution in [3.63, 3.8) is 0 Å². The molecule has 1 aromatic carbocycles. The van der Waals surface area contributed by atoms with Gasteiger partial charge in [0.05, 0.1) is 36.4 Å². The van der Waals surface area contributed by atoms with Gasteiger partial charge in [0.1, 0.15) is 0 Å². The second-order valence-electron chi connectivity index (χ2n) is 6.79. The Balaban J connectivity index is 2.69. The van der Waals surface area contributed by atoms with E-state index in [-0.39, 0.29) is 42.7 Å². The molecule has 0 saturated heterocycles. The van der Waals surface area contributed by atoms with Gasteiger partial charge in [0.15, 0.2) is 0 Å². The zero-order valence-electron chi connectivity index (χ0n) is 16.4. The van der Waals surface area contributed by atoms with E-state index in [0.29, 0.717) is 11.3 Å². The van der Waals surface area contributed by atoms with Gasteiger partial charge in [-0.3, -0.25) is 14.4 Å². The highest BCUT2D eigenvalue weighted by atomic mass is 16.6. The first-order valence-electron chi connectivity index (χ1n) is 9.13. The highest BCUT2D eigenvalue weighted by Crippen LogP contribution is 2.48. The van der Waals surface area contributed by atoms with Crippen molar-refractivity contribution in [2.75, 3.05) is 18.1 Å². The predicted molar refractivity (Wildman–Crippen MR) is 98.3 cm³/mol. The van der Waals surface area contributed by atoms with Crippen molar-refractivity contribution >= 4 is 29.2 Å². The minimum atomic E-state index is -1.58. The van der Waals surface area contributed by atoms with E-state index in [1.54, 1.807) is 27.7 Å². The molecule has 1 heterocycles. The molecule has 0 bridgehead atoms. The number of rotatable bonds is 8. The van der Waals surface area contributed by atoms with Gasteiger partial charge in [0.25, 0.3) is 4.92 Å². The van der Waals surface area contributed by atoms with Crippen LogP contribution in [0.3, 0.4) is 0 Å². The van der Waals surface area contributed by atoms with Crippen molar-refractivity contribution in [3.8, 4) is 0 Å². The number of esters is 2. The number of hydrogen-bond acceptors (Lipinski definition) is 6. The average Bonchev–Trinajstić information content (AvgIpc) is 2.83. The molecule has 28 heavy (non-hydrogen) atoms. The highest BCUT2D eigenvalue weighted by Gasteiger charge is 2.55. The summed E-state index contributed by atoms with van der Waals surface area (Å²) >= 11 is 0. The summed E-state index contributed by atoms with van der Waals surface area (Å²) in [5.41, 5.74) is -0.919. The Morgan fingerprint density at radius 2 is 1.68 bits per heavy atom. The molecular formula is C19H25N2O7+. The van der Waals surface area contributed by atoms with Crippen molar-refractivity contribution in [1.29, 1.82) is 0 Å². The van der Waals surface area contributed by atoms with E-state index in [0.717, 1.165) is 0 Å². The van der Waals surface area contributed by atoms with Gasteiger partial charge in [0.2, 0.25) is 5.91 Å². The Morgan fingerprint density at radius 1 is 1.14 bits per heavy atom. The van der Waals surface area contributed by atoms with E-state index in [9.17, 15) is 24.5 Å². The van der Waals surface area contributed by atoms with E-state index in [1.807, 2.05) is 0 Å².